The summed E-state index contributed by atoms with van der Waals surface area (Å²) in [7, 11) is 0. The van der Waals surface area contributed by atoms with E-state index in [4.69, 9.17) is 0 Å². The number of nitrogens with zero attached hydrogens (tertiary/aromatic N) is 1. The first-order chi connectivity index (χ1) is 15.2. The lowest BCUT2D eigenvalue weighted by Gasteiger charge is -2.40. The van der Waals surface area contributed by atoms with Crippen LogP contribution in [0.2, 0.25) is 0 Å². The molecule has 1 fully saturated rings. The lowest BCUT2D eigenvalue weighted by atomic mass is 9.74. The van der Waals surface area contributed by atoms with Gasteiger partial charge in [-0.2, -0.15) is 0 Å². The van der Waals surface area contributed by atoms with Gasteiger partial charge < -0.3 is 10.2 Å². The van der Waals surface area contributed by atoms with Crippen molar-refractivity contribution in [3.8, 4) is 0 Å². The number of hydrogen-bond donors (Lipinski definition) is 1. The molecular weight excluding hydrogens is 380 g/mol. The van der Waals surface area contributed by atoms with E-state index in [-0.39, 0.29) is 5.91 Å². The third kappa shape index (κ3) is 4.24. The van der Waals surface area contributed by atoms with Crippen LogP contribution in [0.1, 0.15) is 42.4 Å². The minimum absolute atomic E-state index is 0.122. The average molecular weight is 413 g/mol. The van der Waals surface area contributed by atoms with Crippen molar-refractivity contribution in [3.63, 3.8) is 0 Å². The Morgan fingerprint density at radius 2 is 1.68 bits per heavy atom. The molecular formula is C28H32N2O. The van der Waals surface area contributed by atoms with E-state index < -0.39 is 0 Å². The molecule has 1 aliphatic carbocycles. The first-order valence-corrected chi connectivity index (χ1v) is 11.8. The molecule has 0 radical (unpaired) electrons. The van der Waals surface area contributed by atoms with Gasteiger partial charge >= 0.3 is 0 Å². The summed E-state index contributed by atoms with van der Waals surface area (Å²) in [4.78, 5) is 15.1. The number of fused-ring (bicyclic) bond motifs is 3. The molecule has 0 unspecified atom stereocenters. The molecule has 3 aromatic carbocycles. The van der Waals surface area contributed by atoms with E-state index in [1.165, 1.54) is 49.5 Å². The minimum atomic E-state index is 0.122. The Hall–Kier alpha value is -2.65. The van der Waals surface area contributed by atoms with Gasteiger partial charge in [0.05, 0.1) is 6.42 Å². The maximum Gasteiger partial charge on any atom is 0.224 e. The summed E-state index contributed by atoms with van der Waals surface area (Å²) in [5.41, 5.74) is 4.73. The van der Waals surface area contributed by atoms with Crippen LogP contribution in [0.3, 0.4) is 0 Å². The zero-order chi connectivity index (χ0) is 21.1. The van der Waals surface area contributed by atoms with Crippen LogP contribution in [0.15, 0.2) is 66.7 Å². The number of amides is 1. The molecule has 0 aromatic heterocycles. The van der Waals surface area contributed by atoms with Crippen molar-refractivity contribution >= 4 is 16.7 Å². The van der Waals surface area contributed by atoms with Gasteiger partial charge in [0, 0.05) is 6.54 Å². The molecule has 1 N–H and O–H groups in total. The predicted octanol–water partition coefficient (Wildman–Crippen LogP) is 4.87. The average Bonchev–Trinajstić information content (AvgIpc) is 3.16. The second-order valence-corrected chi connectivity index (χ2v) is 9.30. The van der Waals surface area contributed by atoms with Gasteiger partial charge in [-0.3, -0.25) is 4.79 Å². The lowest BCUT2D eigenvalue weighted by molar-refractivity contribution is -0.120. The van der Waals surface area contributed by atoms with E-state index in [0.29, 0.717) is 11.8 Å². The largest absolute Gasteiger partial charge is 0.356 e. The van der Waals surface area contributed by atoms with Gasteiger partial charge in [0.15, 0.2) is 0 Å². The van der Waals surface area contributed by atoms with Gasteiger partial charge in [-0.1, -0.05) is 66.7 Å². The van der Waals surface area contributed by atoms with E-state index >= 15 is 0 Å². The molecule has 3 heteroatoms. The topological polar surface area (TPSA) is 32.3 Å². The number of nitrogens with one attached hydrogen (secondary N) is 1. The second kappa shape index (κ2) is 8.84. The van der Waals surface area contributed by atoms with E-state index in [2.05, 4.69) is 58.7 Å². The molecule has 0 atom stereocenters. The zero-order valence-corrected chi connectivity index (χ0v) is 18.3. The fourth-order valence-electron chi connectivity index (χ4n) is 5.70. The molecule has 1 spiro atoms. The highest BCUT2D eigenvalue weighted by Crippen LogP contribution is 2.46. The Morgan fingerprint density at radius 3 is 2.58 bits per heavy atom. The van der Waals surface area contributed by atoms with Gasteiger partial charge in [0.2, 0.25) is 5.91 Å². The van der Waals surface area contributed by atoms with Crippen LogP contribution in [-0.4, -0.2) is 37.0 Å². The van der Waals surface area contributed by atoms with Crippen LogP contribution in [0.4, 0.5) is 0 Å². The van der Waals surface area contributed by atoms with E-state index in [1.807, 2.05) is 18.2 Å². The fourth-order valence-corrected chi connectivity index (χ4v) is 5.70. The van der Waals surface area contributed by atoms with Crippen molar-refractivity contribution in [2.24, 2.45) is 0 Å². The van der Waals surface area contributed by atoms with Crippen LogP contribution in [0.25, 0.3) is 10.8 Å². The fraction of sp³-hybridized carbons (Fsp3) is 0.393. The number of aryl methyl sites for hydroxylation is 1. The maximum atomic E-state index is 12.5. The number of benzene rings is 3. The lowest BCUT2D eigenvalue weighted by Crippen LogP contribution is -2.42. The number of piperidine rings is 1. The monoisotopic (exact) mass is 412 g/mol. The summed E-state index contributed by atoms with van der Waals surface area (Å²) < 4.78 is 0. The third-order valence-electron chi connectivity index (χ3n) is 7.48. The van der Waals surface area contributed by atoms with Crippen molar-refractivity contribution in [2.45, 2.75) is 43.9 Å². The zero-order valence-electron chi connectivity index (χ0n) is 18.3. The van der Waals surface area contributed by atoms with Crippen molar-refractivity contribution < 1.29 is 4.79 Å². The van der Waals surface area contributed by atoms with Gasteiger partial charge in [-0.05, 0) is 84.6 Å². The summed E-state index contributed by atoms with van der Waals surface area (Å²) in [5.74, 6) is 0.122. The molecule has 2 aliphatic rings. The first-order valence-electron chi connectivity index (χ1n) is 11.8. The molecule has 3 aromatic rings. The van der Waals surface area contributed by atoms with Gasteiger partial charge in [-0.25, -0.2) is 0 Å². The van der Waals surface area contributed by atoms with Gasteiger partial charge in [-0.15, -0.1) is 0 Å². The molecule has 1 saturated heterocycles. The summed E-state index contributed by atoms with van der Waals surface area (Å²) >= 11 is 0. The first kappa shape index (κ1) is 20.3. The highest BCUT2D eigenvalue weighted by molar-refractivity contribution is 5.90. The molecule has 5 rings (SSSR count). The highest BCUT2D eigenvalue weighted by Gasteiger charge is 2.40. The SMILES string of the molecule is O=C(Cc1cccc2ccccc12)NCCCN1CCC2(CCc3ccccc32)CC1. The van der Waals surface area contributed by atoms with Crippen LogP contribution in [-0.2, 0) is 23.1 Å². The van der Waals surface area contributed by atoms with Crippen molar-refractivity contribution in [1.29, 1.82) is 0 Å². The molecule has 1 heterocycles. The van der Waals surface area contributed by atoms with Crippen LogP contribution in [0.5, 0.6) is 0 Å². The normalized spacial score (nSPS) is 17.7. The molecule has 1 amide bonds. The van der Waals surface area contributed by atoms with Gasteiger partial charge in [0.25, 0.3) is 0 Å². The predicted molar refractivity (Wildman–Crippen MR) is 127 cm³/mol. The number of likely N-dealkylation sites (tertiary alicyclic amines) is 1. The van der Waals surface area contributed by atoms with Crippen molar-refractivity contribution in [3.05, 3.63) is 83.4 Å². The molecule has 0 saturated carbocycles. The maximum absolute atomic E-state index is 12.5. The molecule has 3 nitrogen and oxygen atoms in total. The molecule has 31 heavy (non-hydrogen) atoms. The smallest absolute Gasteiger partial charge is 0.224 e. The molecule has 1 aliphatic heterocycles. The van der Waals surface area contributed by atoms with Crippen molar-refractivity contribution in [1.82, 2.24) is 10.2 Å². The summed E-state index contributed by atoms with van der Waals surface area (Å²) in [6.07, 6.45) is 6.59. The Balaban J connectivity index is 1.06. The number of hydrogen-bond acceptors (Lipinski definition) is 2. The second-order valence-electron chi connectivity index (χ2n) is 9.30. The van der Waals surface area contributed by atoms with E-state index in [0.717, 1.165) is 25.1 Å². The quantitative estimate of drug-likeness (QED) is 0.586. The van der Waals surface area contributed by atoms with Crippen LogP contribution < -0.4 is 5.32 Å². The minimum Gasteiger partial charge on any atom is -0.356 e. The Morgan fingerprint density at radius 1 is 0.903 bits per heavy atom. The van der Waals surface area contributed by atoms with Crippen LogP contribution >= 0.6 is 0 Å². The third-order valence-corrected chi connectivity index (χ3v) is 7.48. The number of rotatable bonds is 6. The summed E-state index contributed by atoms with van der Waals surface area (Å²) in [6, 6.07) is 23.6. The summed E-state index contributed by atoms with van der Waals surface area (Å²) in [5, 5.41) is 5.50. The number of carbonyl (C=O) groups excluding carboxylic acids is 1. The molecule has 160 valence electrons. The van der Waals surface area contributed by atoms with Crippen molar-refractivity contribution in [2.75, 3.05) is 26.2 Å². The Kier molecular flexibility index (Phi) is 5.78. The summed E-state index contributed by atoms with van der Waals surface area (Å²) in [6.45, 7) is 4.19. The standard InChI is InChI=1S/C28H32N2O/c31-27(21-24-10-5-9-22-7-1-3-11-25(22)24)29-17-6-18-30-19-15-28(16-20-30)14-13-23-8-2-4-12-26(23)28/h1-5,7-12H,6,13-21H2,(H,29,31). The van der Waals surface area contributed by atoms with Gasteiger partial charge in [0.1, 0.15) is 0 Å². The Bertz CT molecular complexity index is 1060. The van der Waals surface area contributed by atoms with E-state index in [9.17, 15) is 4.79 Å². The van der Waals surface area contributed by atoms with E-state index in [1.54, 1.807) is 11.1 Å². The Labute approximate surface area is 185 Å². The molecule has 0 bridgehead atoms. The number of carbonyl (C=O) groups is 1. The highest BCUT2D eigenvalue weighted by atomic mass is 16.1. The van der Waals surface area contributed by atoms with Crippen LogP contribution in [0, 0.1) is 0 Å².